The second-order valence-electron chi connectivity index (χ2n) is 5.57. The summed E-state index contributed by atoms with van der Waals surface area (Å²) in [4.78, 5) is 23.7. The van der Waals surface area contributed by atoms with Crippen molar-refractivity contribution in [1.29, 1.82) is 0 Å². The minimum atomic E-state index is -0.614. The van der Waals surface area contributed by atoms with Crippen LogP contribution in [-0.2, 0) is 14.3 Å². The van der Waals surface area contributed by atoms with E-state index in [0.717, 1.165) is 0 Å². The van der Waals surface area contributed by atoms with E-state index >= 15 is 0 Å². The van der Waals surface area contributed by atoms with E-state index in [-0.39, 0.29) is 18.4 Å². The average Bonchev–Trinajstić information content (AvgIpc) is 2.48. The number of hydrogen-bond donors (Lipinski definition) is 2. The molecule has 120 valence electrons. The van der Waals surface area contributed by atoms with Gasteiger partial charge in [-0.15, -0.1) is 6.42 Å². The summed E-state index contributed by atoms with van der Waals surface area (Å²) in [5.74, 6) is 2.40. The van der Waals surface area contributed by atoms with Crippen molar-refractivity contribution in [1.82, 2.24) is 10.6 Å². The van der Waals surface area contributed by atoms with Gasteiger partial charge >= 0.3 is 5.97 Å². The van der Waals surface area contributed by atoms with Crippen molar-refractivity contribution in [2.75, 3.05) is 13.7 Å². The molecule has 0 radical (unpaired) electrons. The van der Waals surface area contributed by atoms with Gasteiger partial charge in [0.2, 0.25) is 5.91 Å². The summed E-state index contributed by atoms with van der Waals surface area (Å²) in [5.41, 5.74) is -0.614. The highest BCUT2D eigenvalue weighted by Crippen LogP contribution is 2.13. The van der Waals surface area contributed by atoms with Crippen LogP contribution in [-0.4, -0.2) is 37.1 Å². The smallest absolute Gasteiger partial charge is 0.322 e. The first-order chi connectivity index (χ1) is 9.83. The van der Waals surface area contributed by atoms with Crippen LogP contribution in [0, 0.1) is 18.3 Å². The number of carbonyl (C=O) groups excluding carboxylic acids is 2. The average molecular weight is 296 g/mol. The van der Waals surface area contributed by atoms with Crippen molar-refractivity contribution in [2.45, 2.75) is 58.5 Å². The molecule has 0 rings (SSSR count). The molecule has 0 aliphatic heterocycles. The normalized spacial score (nSPS) is 12.6. The first-order valence-electron chi connectivity index (χ1n) is 7.44. The van der Waals surface area contributed by atoms with Crippen LogP contribution in [0.2, 0.25) is 0 Å². The fourth-order valence-electron chi connectivity index (χ4n) is 2.07. The van der Waals surface area contributed by atoms with Gasteiger partial charge in [0, 0.05) is 0 Å². The molecule has 1 unspecified atom stereocenters. The number of amides is 1. The van der Waals surface area contributed by atoms with Crippen molar-refractivity contribution in [3.8, 4) is 12.3 Å². The van der Waals surface area contributed by atoms with Crippen LogP contribution in [0.25, 0.3) is 0 Å². The third-order valence-corrected chi connectivity index (χ3v) is 3.56. The number of esters is 1. The summed E-state index contributed by atoms with van der Waals surface area (Å²) < 4.78 is 4.74. The second-order valence-corrected chi connectivity index (χ2v) is 5.57. The molecule has 0 saturated heterocycles. The highest BCUT2D eigenvalue weighted by molar-refractivity contribution is 5.81. The molecule has 1 atom stereocenters. The molecule has 2 N–H and O–H groups in total. The summed E-state index contributed by atoms with van der Waals surface area (Å²) in [5, 5.41) is 5.80. The van der Waals surface area contributed by atoms with Gasteiger partial charge in [-0.2, -0.15) is 0 Å². The molecule has 0 spiro atoms. The Morgan fingerprint density at radius 2 is 1.86 bits per heavy atom. The third-order valence-electron chi connectivity index (χ3n) is 3.56. The first kappa shape index (κ1) is 19.5. The van der Waals surface area contributed by atoms with Crippen LogP contribution in [0.1, 0.15) is 47.0 Å². The molecule has 0 bridgehead atoms. The first-order valence-corrected chi connectivity index (χ1v) is 7.44. The number of ether oxygens (including phenoxy) is 1. The molecule has 0 heterocycles. The van der Waals surface area contributed by atoms with Gasteiger partial charge < -0.3 is 10.1 Å². The van der Waals surface area contributed by atoms with Crippen molar-refractivity contribution < 1.29 is 14.3 Å². The number of nitrogens with one attached hydrogen (secondary N) is 2. The molecular weight excluding hydrogens is 268 g/mol. The zero-order valence-electron chi connectivity index (χ0n) is 13.8. The Labute approximate surface area is 128 Å². The third kappa shape index (κ3) is 6.63. The number of carbonyl (C=O) groups is 2. The summed E-state index contributed by atoms with van der Waals surface area (Å²) in [6.45, 7) is 7.93. The largest absolute Gasteiger partial charge is 0.468 e. The van der Waals surface area contributed by atoms with Gasteiger partial charge in [-0.3, -0.25) is 14.9 Å². The maximum Gasteiger partial charge on any atom is 0.322 e. The Morgan fingerprint density at radius 1 is 1.29 bits per heavy atom. The van der Waals surface area contributed by atoms with Crippen molar-refractivity contribution >= 4 is 11.9 Å². The van der Waals surface area contributed by atoms with Crippen molar-refractivity contribution in [3.63, 3.8) is 0 Å². The molecule has 0 aromatic heterocycles. The second kappa shape index (κ2) is 9.41. The van der Waals surface area contributed by atoms with Gasteiger partial charge in [0.05, 0.1) is 13.7 Å². The van der Waals surface area contributed by atoms with Crippen LogP contribution < -0.4 is 10.6 Å². The minimum absolute atomic E-state index is 0.0376. The lowest BCUT2D eigenvalue weighted by Gasteiger charge is -2.27. The zero-order chi connectivity index (χ0) is 16.5. The summed E-state index contributed by atoms with van der Waals surface area (Å²) in [6.07, 6.45) is 7.45. The quantitative estimate of drug-likeness (QED) is 0.499. The van der Waals surface area contributed by atoms with Gasteiger partial charge in [0.1, 0.15) is 11.6 Å². The molecule has 21 heavy (non-hydrogen) atoms. The number of terminal acetylenes is 1. The van der Waals surface area contributed by atoms with E-state index in [4.69, 9.17) is 11.2 Å². The molecule has 0 aromatic carbocycles. The van der Waals surface area contributed by atoms with Gasteiger partial charge in [-0.05, 0) is 25.2 Å². The maximum absolute atomic E-state index is 12.0. The van der Waals surface area contributed by atoms with E-state index in [1.807, 2.05) is 27.7 Å². The van der Waals surface area contributed by atoms with Crippen LogP contribution in [0.3, 0.4) is 0 Å². The Hall–Kier alpha value is -1.54. The number of methoxy groups -OCH3 is 1. The van der Waals surface area contributed by atoms with Gasteiger partial charge in [0.15, 0.2) is 0 Å². The van der Waals surface area contributed by atoms with Gasteiger partial charge in [-0.1, -0.05) is 33.6 Å². The Kier molecular flexibility index (Phi) is 8.72. The van der Waals surface area contributed by atoms with Crippen LogP contribution in [0.15, 0.2) is 0 Å². The lowest BCUT2D eigenvalue weighted by Crippen LogP contribution is -2.51. The summed E-state index contributed by atoms with van der Waals surface area (Å²) in [6, 6.07) is -0.482. The van der Waals surface area contributed by atoms with E-state index in [9.17, 15) is 9.59 Å². The van der Waals surface area contributed by atoms with E-state index in [1.54, 1.807) is 0 Å². The molecule has 1 amide bonds. The zero-order valence-corrected chi connectivity index (χ0v) is 13.8. The number of hydrogen-bond acceptors (Lipinski definition) is 4. The topological polar surface area (TPSA) is 67.4 Å². The monoisotopic (exact) mass is 296 g/mol. The Balaban J connectivity index is 4.56. The molecule has 0 aromatic rings. The lowest BCUT2D eigenvalue weighted by atomic mass is 9.94. The Morgan fingerprint density at radius 3 is 2.24 bits per heavy atom. The minimum Gasteiger partial charge on any atom is -0.468 e. The van der Waals surface area contributed by atoms with Gasteiger partial charge in [-0.25, -0.2) is 0 Å². The predicted molar refractivity (Wildman–Crippen MR) is 83.6 cm³/mol. The fraction of sp³-hybridized carbons (Fsp3) is 0.750. The molecule has 0 saturated carbocycles. The molecule has 5 nitrogen and oxygen atoms in total. The lowest BCUT2D eigenvalue weighted by molar-refractivity contribution is -0.143. The maximum atomic E-state index is 12.0. The van der Waals surface area contributed by atoms with Crippen LogP contribution in [0.4, 0.5) is 0 Å². The van der Waals surface area contributed by atoms with E-state index in [1.165, 1.54) is 7.11 Å². The number of rotatable bonds is 9. The van der Waals surface area contributed by atoms with E-state index in [0.29, 0.717) is 25.2 Å². The van der Waals surface area contributed by atoms with Crippen molar-refractivity contribution in [2.24, 2.45) is 5.92 Å². The van der Waals surface area contributed by atoms with Crippen LogP contribution >= 0.6 is 0 Å². The molecule has 0 aliphatic rings. The SMILES string of the molecule is C#CC(CC)(CC)NC(=O)CNC(CC(C)C)C(=O)OC. The highest BCUT2D eigenvalue weighted by atomic mass is 16.5. The van der Waals surface area contributed by atoms with Crippen molar-refractivity contribution in [3.05, 3.63) is 0 Å². The standard InChI is InChI=1S/C16H28N2O3/c1-7-16(8-2,9-3)18-14(19)11-17-13(10-12(4)5)15(20)21-6/h1,12-13,17H,8-11H2,2-6H3,(H,18,19). The molecular formula is C16H28N2O3. The van der Waals surface area contributed by atoms with E-state index in [2.05, 4.69) is 16.6 Å². The molecule has 5 heteroatoms. The van der Waals surface area contributed by atoms with E-state index < -0.39 is 11.6 Å². The molecule has 0 aliphatic carbocycles. The molecule has 0 fully saturated rings. The predicted octanol–water partition coefficient (Wildman–Crippen LogP) is 1.47. The fourth-order valence-corrected chi connectivity index (χ4v) is 2.07. The van der Waals surface area contributed by atoms with Crippen LogP contribution in [0.5, 0.6) is 0 Å². The summed E-state index contributed by atoms with van der Waals surface area (Å²) >= 11 is 0. The summed E-state index contributed by atoms with van der Waals surface area (Å²) in [7, 11) is 1.34. The van der Waals surface area contributed by atoms with Gasteiger partial charge in [0.25, 0.3) is 0 Å². The highest BCUT2D eigenvalue weighted by Gasteiger charge is 2.26. The Bertz CT molecular complexity index is 381.